The Morgan fingerprint density at radius 1 is 1.35 bits per heavy atom. The zero-order valence-electron chi connectivity index (χ0n) is 11.9. The number of piperidine rings is 1. The molecule has 0 atom stereocenters. The number of benzene rings is 1. The first kappa shape index (κ1) is 14.9. The molecule has 0 unspecified atom stereocenters. The molecule has 1 aliphatic rings. The maximum atomic E-state index is 12.8. The molecule has 3 nitrogen and oxygen atoms in total. The van der Waals surface area contributed by atoms with Gasteiger partial charge in [0.05, 0.1) is 0 Å². The van der Waals surface area contributed by atoms with Crippen molar-refractivity contribution in [3.8, 4) is 0 Å². The first-order valence-electron chi connectivity index (χ1n) is 7.18. The highest BCUT2D eigenvalue weighted by Gasteiger charge is 2.23. The van der Waals surface area contributed by atoms with E-state index in [0.717, 1.165) is 44.5 Å². The van der Waals surface area contributed by atoms with Crippen molar-refractivity contribution in [2.24, 2.45) is 10.9 Å². The maximum Gasteiger partial charge on any atom is 0.248 e. The normalized spacial score (nSPS) is 17.7. The van der Waals surface area contributed by atoms with Gasteiger partial charge in [0.1, 0.15) is 5.82 Å². The summed E-state index contributed by atoms with van der Waals surface area (Å²) in [4.78, 5) is 17.9. The van der Waals surface area contributed by atoms with Gasteiger partial charge < -0.3 is 4.90 Å². The van der Waals surface area contributed by atoms with E-state index in [1.54, 1.807) is 13.1 Å². The van der Waals surface area contributed by atoms with Gasteiger partial charge in [-0.2, -0.15) is 0 Å². The van der Waals surface area contributed by atoms with Gasteiger partial charge in [-0.1, -0.05) is 12.1 Å². The summed E-state index contributed by atoms with van der Waals surface area (Å²) in [5.41, 5.74) is 1.15. The van der Waals surface area contributed by atoms with Crippen molar-refractivity contribution in [2.75, 3.05) is 19.6 Å². The van der Waals surface area contributed by atoms with Crippen molar-refractivity contribution < 1.29 is 9.18 Å². The van der Waals surface area contributed by atoms with Crippen molar-refractivity contribution in [1.29, 1.82) is 0 Å². The van der Waals surface area contributed by atoms with Crippen molar-refractivity contribution in [2.45, 2.75) is 26.2 Å². The van der Waals surface area contributed by atoms with Gasteiger partial charge in [-0.3, -0.25) is 4.79 Å². The number of carbonyl (C=O) groups excluding carboxylic acids is 1. The van der Waals surface area contributed by atoms with Gasteiger partial charge in [0.25, 0.3) is 0 Å². The monoisotopic (exact) mass is 276 g/mol. The molecule has 1 aromatic rings. The lowest BCUT2D eigenvalue weighted by atomic mass is 9.96. The van der Waals surface area contributed by atoms with E-state index in [4.69, 9.17) is 0 Å². The molecule has 0 aliphatic carbocycles. The van der Waals surface area contributed by atoms with Crippen LogP contribution in [-0.4, -0.2) is 36.7 Å². The van der Waals surface area contributed by atoms with Crippen LogP contribution in [0.15, 0.2) is 29.3 Å². The number of nitrogens with zero attached hydrogens (tertiary/aromatic N) is 2. The summed E-state index contributed by atoms with van der Waals surface area (Å²) in [5.74, 6) is -0.0801. The van der Waals surface area contributed by atoms with E-state index in [1.807, 2.05) is 12.1 Å². The lowest BCUT2D eigenvalue weighted by Gasteiger charge is -2.30. The van der Waals surface area contributed by atoms with Crippen LogP contribution in [0.2, 0.25) is 0 Å². The first-order valence-corrected chi connectivity index (χ1v) is 7.18. The average molecular weight is 276 g/mol. The van der Waals surface area contributed by atoms with Crippen molar-refractivity contribution >= 4 is 12.1 Å². The van der Waals surface area contributed by atoms with Gasteiger partial charge >= 0.3 is 0 Å². The summed E-state index contributed by atoms with van der Waals surface area (Å²) >= 11 is 0. The number of hydrogen-bond acceptors (Lipinski definition) is 2. The quantitative estimate of drug-likeness (QED) is 0.792. The number of rotatable bonds is 4. The third kappa shape index (κ3) is 4.23. The summed E-state index contributed by atoms with van der Waals surface area (Å²) in [6.07, 6.45) is 4.27. The molecule has 1 heterocycles. The van der Waals surface area contributed by atoms with E-state index >= 15 is 0 Å². The molecule has 0 radical (unpaired) electrons. The summed E-state index contributed by atoms with van der Waals surface area (Å²) in [7, 11) is 0. The molecule has 1 aromatic carbocycles. The van der Waals surface area contributed by atoms with Gasteiger partial charge in [-0.05, 0) is 57.0 Å². The van der Waals surface area contributed by atoms with Gasteiger partial charge in [-0.15, -0.1) is 0 Å². The van der Waals surface area contributed by atoms with Crippen LogP contribution in [0.1, 0.15) is 25.3 Å². The molecular formula is C16H21FN2O. The molecule has 20 heavy (non-hydrogen) atoms. The Kier molecular flexibility index (Phi) is 5.41. The summed E-state index contributed by atoms with van der Waals surface area (Å²) < 4.78 is 12.8. The van der Waals surface area contributed by atoms with Crippen LogP contribution >= 0.6 is 0 Å². The minimum atomic E-state index is -0.190. The second-order valence-corrected chi connectivity index (χ2v) is 5.22. The lowest BCUT2D eigenvalue weighted by Crippen LogP contribution is -2.37. The lowest BCUT2D eigenvalue weighted by molar-refractivity contribution is -0.122. The summed E-state index contributed by atoms with van der Waals surface area (Å²) in [6, 6.07) is 6.68. The van der Waals surface area contributed by atoms with Crippen molar-refractivity contribution in [3.63, 3.8) is 0 Å². The average Bonchev–Trinajstić information content (AvgIpc) is 2.47. The van der Waals surface area contributed by atoms with Crippen LogP contribution in [0, 0.1) is 11.7 Å². The van der Waals surface area contributed by atoms with E-state index < -0.39 is 0 Å². The molecule has 0 spiro atoms. The summed E-state index contributed by atoms with van der Waals surface area (Å²) in [5, 5.41) is 0. The SMILES string of the molecule is C/C=N\C(=O)C1CCN(CCc2ccc(F)cc2)CC1. The molecule has 0 aromatic heterocycles. The van der Waals surface area contributed by atoms with E-state index in [9.17, 15) is 9.18 Å². The molecule has 0 saturated carbocycles. The molecule has 108 valence electrons. The van der Waals surface area contributed by atoms with Crippen LogP contribution in [0.5, 0.6) is 0 Å². The van der Waals surface area contributed by atoms with Crippen LogP contribution in [0.4, 0.5) is 4.39 Å². The Morgan fingerprint density at radius 3 is 2.60 bits per heavy atom. The highest BCUT2D eigenvalue weighted by molar-refractivity contribution is 5.86. The van der Waals surface area contributed by atoms with Crippen molar-refractivity contribution in [3.05, 3.63) is 35.6 Å². The van der Waals surface area contributed by atoms with Crippen LogP contribution < -0.4 is 0 Å². The molecule has 1 fully saturated rings. The highest BCUT2D eigenvalue weighted by Crippen LogP contribution is 2.18. The third-order valence-corrected chi connectivity index (χ3v) is 3.82. The minimum absolute atomic E-state index is 0.0192. The standard InChI is InChI=1S/C16H21FN2O/c1-2-18-16(20)14-8-11-19(12-9-14)10-7-13-3-5-15(17)6-4-13/h2-6,14H,7-12H2,1H3/b18-2-. The van der Waals surface area contributed by atoms with E-state index in [0.29, 0.717) is 0 Å². The van der Waals surface area contributed by atoms with Gasteiger partial charge in [0.15, 0.2) is 0 Å². The molecule has 1 aliphatic heterocycles. The fourth-order valence-corrected chi connectivity index (χ4v) is 2.57. The van der Waals surface area contributed by atoms with Gasteiger partial charge in [0.2, 0.25) is 5.91 Å². The van der Waals surface area contributed by atoms with E-state index in [2.05, 4.69) is 9.89 Å². The Labute approximate surface area is 119 Å². The zero-order valence-corrected chi connectivity index (χ0v) is 11.9. The van der Waals surface area contributed by atoms with Crippen LogP contribution in [0.25, 0.3) is 0 Å². The topological polar surface area (TPSA) is 32.7 Å². The highest BCUT2D eigenvalue weighted by atomic mass is 19.1. The van der Waals surface area contributed by atoms with E-state index in [1.165, 1.54) is 12.1 Å². The van der Waals surface area contributed by atoms with Gasteiger partial charge in [-0.25, -0.2) is 9.38 Å². The van der Waals surface area contributed by atoms with Crippen molar-refractivity contribution in [1.82, 2.24) is 4.90 Å². The van der Waals surface area contributed by atoms with Gasteiger partial charge in [0, 0.05) is 18.7 Å². The number of carbonyl (C=O) groups is 1. The molecule has 2 rings (SSSR count). The second-order valence-electron chi connectivity index (χ2n) is 5.22. The molecule has 4 heteroatoms. The maximum absolute atomic E-state index is 12.8. The van der Waals surface area contributed by atoms with Crippen LogP contribution in [0.3, 0.4) is 0 Å². The third-order valence-electron chi connectivity index (χ3n) is 3.82. The van der Waals surface area contributed by atoms with Crippen LogP contribution in [-0.2, 0) is 11.2 Å². The smallest absolute Gasteiger partial charge is 0.248 e. The Bertz CT molecular complexity index is 462. The number of likely N-dealkylation sites (tertiary alicyclic amines) is 1. The predicted octanol–water partition coefficient (Wildman–Crippen LogP) is 2.70. The number of halogens is 1. The Morgan fingerprint density at radius 2 is 2.00 bits per heavy atom. The predicted molar refractivity (Wildman–Crippen MR) is 78.4 cm³/mol. The summed E-state index contributed by atoms with van der Waals surface area (Å²) in [6.45, 7) is 4.62. The molecule has 0 bridgehead atoms. The first-order chi connectivity index (χ1) is 9.69. The molecule has 1 amide bonds. The number of hydrogen-bond donors (Lipinski definition) is 0. The fraction of sp³-hybridized carbons (Fsp3) is 0.500. The number of aliphatic imine (C=N–C) groups is 1. The van der Waals surface area contributed by atoms with E-state index in [-0.39, 0.29) is 17.6 Å². The molecular weight excluding hydrogens is 255 g/mol. The minimum Gasteiger partial charge on any atom is -0.303 e. The molecule has 0 N–H and O–H groups in total. The Balaban J connectivity index is 1.74. The molecule has 1 saturated heterocycles. The zero-order chi connectivity index (χ0) is 14.4. The Hall–Kier alpha value is -1.55. The largest absolute Gasteiger partial charge is 0.303 e. The second kappa shape index (κ2) is 7.29. The number of amides is 1. The fourth-order valence-electron chi connectivity index (χ4n) is 2.57.